The average molecular weight is 253 g/mol. The normalized spacial score (nSPS) is 10.8. The zero-order valence-electron chi connectivity index (χ0n) is 10.7. The molecule has 96 valence electrons. The maximum atomic E-state index is 4.36. The van der Waals surface area contributed by atoms with Gasteiger partial charge in [-0.2, -0.15) is 5.10 Å². The highest BCUT2D eigenvalue weighted by molar-refractivity contribution is 5.67. The Labute approximate surface area is 111 Å². The van der Waals surface area contributed by atoms with Crippen molar-refractivity contribution in [2.45, 2.75) is 13.3 Å². The van der Waals surface area contributed by atoms with E-state index < -0.39 is 0 Å². The first-order valence-corrected chi connectivity index (χ1v) is 6.28. The molecule has 5 heteroatoms. The Hall–Kier alpha value is -2.43. The standard InChI is InChI=1S/C14H15N5/c1-11-10-13-14(17-8-9-19(13)18-11)16-7-5-12-4-2-3-6-15-12/h2-4,6,8-10H,5,7H2,1H3,(H,16,17). The lowest BCUT2D eigenvalue weighted by molar-refractivity contribution is 0.912. The van der Waals surface area contributed by atoms with Crippen LogP contribution in [0.3, 0.4) is 0 Å². The van der Waals surface area contributed by atoms with Crippen LogP contribution < -0.4 is 5.32 Å². The van der Waals surface area contributed by atoms with Crippen molar-refractivity contribution >= 4 is 11.3 Å². The Morgan fingerprint density at radius 3 is 3.00 bits per heavy atom. The molecule has 0 aromatic carbocycles. The number of nitrogens with zero attached hydrogens (tertiary/aromatic N) is 4. The van der Waals surface area contributed by atoms with E-state index in [9.17, 15) is 0 Å². The lowest BCUT2D eigenvalue weighted by atomic mass is 10.3. The van der Waals surface area contributed by atoms with Crippen LogP contribution in [0.1, 0.15) is 11.4 Å². The molecule has 3 rings (SSSR count). The van der Waals surface area contributed by atoms with Crippen LogP contribution in [0, 0.1) is 6.92 Å². The first-order valence-electron chi connectivity index (χ1n) is 6.28. The van der Waals surface area contributed by atoms with Crippen LogP contribution in [0.2, 0.25) is 0 Å². The number of rotatable bonds is 4. The minimum absolute atomic E-state index is 0.800. The van der Waals surface area contributed by atoms with Gasteiger partial charge in [0.05, 0.1) is 5.69 Å². The summed E-state index contributed by atoms with van der Waals surface area (Å²) in [6.07, 6.45) is 6.29. The molecule has 0 saturated heterocycles. The summed E-state index contributed by atoms with van der Waals surface area (Å²) in [6.45, 7) is 2.78. The molecule has 0 atom stereocenters. The van der Waals surface area contributed by atoms with E-state index in [1.807, 2.05) is 48.1 Å². The molecule has 0 spiro atoms. The Kier molecular flexibility index (Phi) is 3.10. The second-order valence-corrected chi connectivity index (χ2v) is 4.39. The van der Waals surface area contributed by atoms with E-state index in [0.29, 0.717) is 0 Å². The van der Waals surface area contributed by atoms with Crippen molar-refractivity contribution in [1.82, 2.24) is 19.6 Å². The highest BCUT2D eigenvalue weighted by Gasteiger charge is 2.04. The SMILES string of the molecule is Cc1cc2c(NCCc3ccccn3)nccn2n1. The number of aryl methyl sites for hydroxylation is 1. The molecular formula is C14H15N5. The van der Waals surface area contributed by atoms with Gasteiger partial charge in [-0.3, -0.25) is 4.98 Å². The molecule has 0 fully saturated rings. The smallest absolute Gasteiger partial charge is 0.152 e. The van der Waals surface area contributed by atoms with Gasteiger partial charge in [-0.05, 0) is 25.1 Å². The Morgan fingerprint density at radius 1 is 1.21 bits per heavy atom. The van der Waals surface area contributed by atoms with Gasteiger partial charge in [0.25, 0.3) is 0 Å². The zero-order chi connectivity index (χ0) is 13.1. The summed E-state index contributed by atoms with van der Waals surface area (Å²) >= 11 is 0. The minimum Gasteiger partial charge on any atom is -0.368 e. The van der Waals surface area contributed by atoms with Gasteiger partial charge in [0, 0.05) is 37.3 Å². The van der Waals surface area contributed by atoms with Crippen LogP contribution in [-0.4, -0.2) is 26.1 Å². The second kappa shape index (κ2) is 5.06. The van der Waals surface area contributed by atoms with E-state index in [-0.39, 0.29) is 0 Å². The summed E-state index contributed by atoms with van der Waals surface area (Å²) < 4.78 is 1.84. The van der Waals surface area contributed by atoms with E-state index in [0.717, 1.165) is 35.7 Å². The molecular weight excluding hydrogens is 238 g/mol. The van der Waals surface area contributed by atoms with Crippen molar-refractivity contribution in [2.75, 3.05) is 11.9 Å². The largest absolute Gasteiger partial charge is 0.368 e. The van der Waals surface area contributed by atoms with E-state index in [1.54, 1.807) is 6.20 Å². The lowest BCUT2D eigenvalue weighted by Gasteiger charge is -2.06. The first kappa shape index (κ1) is 11.6. The van der Waals surface area contributed by atoms with Crippen molar-refractivity contribution in [2.24, 2.45) is 0 Å². The van der Waals surface area contributed by atoms with Crippen molar-refractivity contribution in [3.05, 3.63) is 54.2 Å². The monoisotopic (exact) mass is 253 g/mol. The number of nitrogens with one attached hydrogen (secondary N) is 1. The molecule has 3 aromatic rings. The van der Waals surface area contributed by atoms with Gasteiger partial charge >= 0.3 is 0 Å². The summed E-state index contributed by atoms with van der Waals surface area (Å²) in [5.41, 5.74) is 3.06. The maximum Gasteiger partial charge on any atom is 0.152 e. The molecule has 0 aliphatic heterocycles. The summed E-state index contributed by atoms with van der Waals surface area (Å²) in [5.74, 6) is 0.860. The van der Waals surface area contributed by atoms with E-state index >= 15 is 0 Å². The van der Waals surface area contributed by atoms with E-state index in [4.69, 9.17) is 0 Å². The molecule has 0 bridgehead atoms. The fourth-order valence-corrected chi connectivity index (χ4v) is 2.04. The summed E-state index contributed by atoms with van der Waals surface area (Å²) in [6, 6.07) is 7.98. The Bertz CT molecular complexity index is 675. The molecule has 0 radical (unpaired) electrons. The van der Waals surface area contributed by atoms with Crippen molar-refractivity contribution < 1.29 is 0 Å². The lowest BCUT2D eigenvalue weighted by Crippen LogP contribution is -2.08. The predicted octanol–water partition coefficient (Wildman–Crippen LogP) is 2.09. The van der Waals surface area contributed by atoms with Crippen LogP contribution in [0.25, 0.3) is 5.52 Å². The fraction of sp³-hybridized carbons (Fsp3) is 0.214. The molecule has 3 aromatic heterocycles. The number of hydrogen-bond acceptors (Lipinski definition) is 4. The third kappa shape index (κ3) is 2.54. The molecule has 19 heavy (non-hydrogen) atoms. The molecule has 0 saturated carbocycles. The van der Waals surface area contributed by atoms with Crippen molar-refractivity contribution in [1.29, 1.82) is 0 Å². The molecule has 1 N–H and O–H groups in total. The first-order chi connectivity index (χ1) is 9.33. The topological polar surface area (TPSA) is 55.1 Å². The highest BCUT2D eigenvalue weighted by atomic mass is 15.2. The summed E-state index contributed by atoms with van der Waals surface area (Å²) in [4.78, 5) is 8.66. The van der Waals surface area contributed by atoms with Gasteiger partial charge in [-0.1, -0.05) is 6.07 Å². The van der Waals surface area contributed by atoms with Crippen LogP contribution in [-0.2, 0) is 6.42 Å². The van der Waals surface area contributed by atoms with Crippen LogP contribution in [0.4, 0.5) is 5.82 Å². The van der Waals surface area contributed by atoms with Gasteiger partial charge in [0.2, 0.25) is 0 Å². The zero-order valence-corrected chi connectivity index (χ0v) is 10.7. The molecule has 0 amide bonds. The number of hydrogen-bond donors (Lipinski definition) is 1. The Balaban J connectivity index is 1.72. The predicted molar refractivity (Wildman–Crippen MR) is 74.2 cm³/mol. The van der Waals surface area contributed by atoms with E-state index in [1.165, 1.54) is 0 Å². The van der Waals surface area contributed by atoms with Crippen molar-refractivity contribution in [3.8, 4) is 0 Å². The number of anilines is 1. The van der Waals surface area contributed by atoms with Crippen LogP contribution in [0.15, 0.2) is 42.9 Å². The fourth-order valence-electron chi connectivity index (χ4n) is 2.04. The number of fused-ring (bicyclic) bond motifs is 1. The summed E-state index contributed by atoms with van der Waals surface area (Å²) in [5, 5.41) is 7.70. The number of pyridine rings is 1. The van der Waals surface area contributed by atoms with Crippen LogP contribution in [0.5, 0.6) is 0 Å². The van der Waals surface area contributed by atoms with Crippen molar-refractivity contribution in [3.63, 3.8) is 0 Å². The summed E-state index contributed by atoms with van der Waals surface area (Å²) in [7, 11) is 0. The quantitative estimate of drug-likeness (QED) is 0.773. The second-order valence-electron chi connectivity index (χ2n) is 4.39. The highest BCUT2D eigenvalue weighted by Crippen LogP contribution is 2.14. The van der Waals surface area contributed by atoms with Gasteiger partial charge in [0.15, 0.2) is 5.82 Å². The van der Waals surface area contributed by atoms with Gasteiger partial charge in [-0.25, -0.2) is 9.50 Å². The third-order valence-corrected chi connectivity index (χ3v) is 2.91. The molecule has 0 aliphatic carbocycles. The average Bonchev–Trinajstić information content (AvgIpc) is 2.81. The van der Waals surface area contributed by atoms with E-state index in [2.05, 4.69) is 20.4 Å². The maximum absolute atomic E-state index is 4.36. The van der Waals surface area contributed by atoms with Crippen LogP contribution >= 0.6 is 0 Å². The molecule has 3 heterocycles. The number of aromatic nitrogens is 4. The third-order valence-electron chi connectivity index (χ3n) is 2.91. The van der Waals surface area contributed by atoms with Gasteiger partial charge < -0.3 is 5.32 Å². The molecule has 0 unspecified atom stereocenters. The Morgan fingerprint density at radius 2 is 2.16 bits per heavy atom. The molecule has 0 aliphatic rings. The molecule has 5 nitrogen and oxygen atoms in total. The van der Waals surface area contributed by atoms with Gasteiger partial charge in [0.1, 0.15) is 5.52 Å². The van der Waals surface area contributed by atoms with Gasteiger partial charge in [-0.15, -0.1) is 0 Å². The minimum atomic E-state index is 0.800.